The quantitative estimate of drug-likeness (QED) is 0.414. The van der Waals surface area contributed by atoms with E-state index in [2.05, 4.69) is 41.1 Å². The Morgan fingerprint density at radius 2 is 2.03 bits per heavy atom. The van der Waals surface area contributed by atoms with Gasteiger partial charge < -0.3 is 25.4 Å². The molecular formula is C24H38N4O3. The fourth-order valence-electron chi connectivity index (χ4n) is 4.03. The van der Waals surface area contributed by atoms with E-state index in [0.717, 1.165) is 49.3 Å². The Hall–Kier alpha value is -2.28. The van der Waals surface area contributed by atoms with Gasteiger partial charge in [-0.3, -0.25) is 4.79 Å². The second-order valence-corrected chi connectivity index (χ2v) is 8.49. The zero-order valence-corrected chi connectivity index (χ0v) is 19.0. The molecule has 7 nitrogen and oxygen atoms in total. The molecule has 31 heavy (non-hydrogen) atoms. The Labute approximate surface area is 186 Å². The van der Waals surface area contributed by atoms with Crippen LogP contribution >= 0.6 is 0 Å². The number of aryl methyl sites for hydroxylation is 1. The highest BCUT2D eigenvalue weighted by molar-refractivity contribution is 5.81. The van der Waals surface area contributed by atoms with Crippen molar-refractivity contribution in [2.24, 2.45) is 4.99 Å². The number of aliphatic imine (C=N–C) groups is 1. The molecular weight excluding hydrogens is 392 g/mol. The first-order chi connectivity index (χ1) is 15.1. The van der Waals surface area contributed by atoms with Crippen molar-refractivity contribution in [2.45, 2.75) is 77.5 Å². The lowest BCUT2D eigenvalue weighted by Gasteiger charge is -2.22. The summed E-state index contributed by atoms with van der Waals surface area (Å²) < 4.78 is 11.6. The summed E-state index contributed by atoms with van der Waals surface area (Å²) >= 11 is 0. The van der Waals surface area contributed by atoms with Crippen LogP contribution in [-0.4, -0.2) is 50.3 Å². The van der Waals surface area contributed by atoms with Gasteiger partial charge in [0.2, 0.25) is 5.91 Å². The number of rotatable bonds is 9. The SMILES string of the molecule is CCNC(=NCc1ccc(C)cc1OC1CCOC1)NCCC(=O)NC1CCCCC1. The molecule has 3 N–H and O–H groups in total. The van der Waals surface area contributed by atoms with Crippen LogP contribution < -0.4 is 20.7 Å². The smallest absolute Gasteiger partial charge is 0.221 e. The minimum Gasteiger partial charge on any atom is -0.488 e. The first kappa shape index (κ1) is 23.4. The Balaban J connectivity index is 1.51. The van der Waals surface area contributed by atoms with Crippen LogP contribution in [-0.2, 0) is 16.1 Å². The van der Waals surface area contributed by atoms with Gasteiger partial charge in [0.25, 0.3) is 0 Å². The fourth-order valence-corrected chi connectivity index (χ4v) is 4.03. The third kappa shape index (κ3) is 8.05. The molecule has 1 unspecified atom stereocenters. The van der Waals surface area contributed by atoms with Crippen molar-refractivity contribution < 1.29 is 14.3 Å². The van der Waals surface area contributed by atoms with E-state index in [4.69, 9.17) is 14.5 Å². The maximum absolute atomic E-state index is 12.2. The van der Waals surface area contributed by atoms with Gasteiger partial charge in [0, 0.05) is 37.5 Å². The normalized spacial score (nSPS) is 19.8. The zero-order valence-electron chi connectivity index (χ0n) is 19.0. The van der Waals surface area contributed by atoms with Crippen LogP contribution in [0.25, 0.3) is 0 Å². The summed E-state index contributed by atoms with van der Waals surface area (Å²) in [6.45, 7) is 7.32. The van der Waals surface area contributed by atoms with Crippen LogP contribution in [0.15, 0.2) is 23.2 Å². The molecule has 1 saturated carbocycles. The summed E-state index contributed by atoms with van der Waals surface area (Å²) in [5, 5.41) is 9.70. The first-order valence-corrected chi connectivity index (χ1v) is 11.8. The third-order valence-electron chi connectivity index (χ3n) is 5.77. The number of ether oxygens (including phenoxy) is 2. The van der Waals surface area contributed by atoms with Crippen LogP contribution in [0.1, 0.15) is 63.0 Å². The van der Waals surface area contributed by atoms with Gasteiger partial charge in [-0.15, -0.1) is 0 Å². The van der Waals surface area contributed by atoms with Crippen LogP contribution in [0, 0.1) is 6.92 Å². The van der Waals surface area contributed by atoms with Crippen molar-refractivity contribution in [3.05, 3.63) is 29.3 Å². The number of guanidine groups is 1. The molecule has 1 atom stereocenters. The summed E-state index contributed by atoms with van der Waals surface area (Å²) in [6, 6.07) is 6.58. The monoisotopic (exact) mass is 430 g/mol. The summed E-state index contributed by atoms with van der Waals surface area (Å²) in [6.07, 6.45) is 7.43. The second-order valence-electron chi connectivity index (χ2n) is 8.49. The average Bonchev–Trinajstić information content (AvgIpc) is 3.27. The molecule has 1 aromatic carbocycles. The number of hydrogen-bond acceptors (Lipinski definition) is 4. The van der Waals surface area contributed by atoms with Crippen molar-refractivity contribution >= 4 is 11.9 Å². The fraction of sp³-hybridized carbons (Fsp3) is 0.667. The third-order valence-corrected chi connectivity index (χ3v) is 5.77. The van der Waals surface area contributed by atoms with E-state index in [0.29, 0.717) is 38.1 Å². The molecule has 1 amide bonds. The molecule has 0 radical (unpaired) electrons. The van der Waals surface area contributed by atoms with Crippen molar-refractivity contribution in [2.75, 3.05) is 26.3 Å². The molecule has 0 aromatic heterocycles. The van der Waals surface area contributed by atoms with Gasteiger partial charge in [-0.05, 0) is 38.3 Å². The number of nitrogens with zero attached hydrogens (tertiary/aromatic N) is 1. The van der Waals surface area contributed by atoms with E-state index in [9.17, 15) is 4.79 Å². The zero-order chi connectivity index (χ0) is 21.9. The Bertz CT molecular complexity index is 726. The molecule has 7 heteroatoms. The van der Waals surface area contributed by atoms with Gasteiger partial charge in [-0.2, -0.15) is 0 Å². The molecule has 0 bridgehead atoms. The van der Waals surface area contributed by atoms with Crippen LogP contribution in [0.4, 0.5) is 0 Å². The maximum atomic E-state index is 12.2. The lowest BCUT2D eigenvalue weighted by molar-refractivity contribution is -0.121. The van der Waals surface area contributed by atoms with E-state index in [-0.39, 0.29) is 12.0 Å². The largest absolute Gasteiger partial charge is 0.488 e. The molecule has 1 aliphatic heterocycles. The van der Waals surface area contributed by atoms with E-state index in [1.807, 2.05) is 6.92 Å². The highest BCUT2D eigenvalue weighted by Crippen LogP contribution is 2.24. The number of nitrogens with one attached hydrogen (secondary N) is 3. The van der Waals surface area contributed by atoms with Crippen LogP contribution in [0.3, 0.4) is 0 Å². The molecule has 1 aromatic rings. The summed E-state index contributed by atoms with van der Waals surface area (Å²) in [5.41, 5.74) is 2.21. The molecule has 2 fully saturated rings. The summed E-state index contributed by atoms with van der Waals surface area (Å²) in [5.74, 6) is 1.70. The first-order valence-electron chi connectivity index (χ1n) is 11.8. The van der Waals surface area contributed by atoms with E-state index in [1.54, 1.807) is 0 Å². The highest BCUT2D eigenvalue weighted by atomic mass is 16.5. The Morgan fingerprint density at radius 1 is 1.19 bits per heavy atom. The van der Waals surface area contributed by atoms with Gasteiger partial charge >= 0.3 is 0 Å². The average molecular weight is 431 g/mol. The van der Waals surface area contributed by atoms with E-state index in [1.165, 1.54) is 19.3 Å². The van der Waals surface area contributed by atoms with Gasteiger partial charge in [0.15, 0.2) is 5.96 Å². The topological polar surface area (TPSA) is 84.0 Å². The molecule has 1 heterocycles. The predicted octanol–water partition coefficient (Wildman–Crippen LogP) is 3.06. The number of benzene rings is 1. The minimum atomic E-state index is 0.110. The summed E-state index contributed by atoms with van der Waals surface area (Å²) in [4.78, 5) is 16.9. The van der Waals surface area contributed by atoms with Crippen LogP contribution in [0.2, 0.25) is 0 Å². The van der Waals surface area contributed by atoms with Crippen molar-refractivity contribution in [3.8, 4) is 5.75 Å². The molecule has 2 aliphatic rings. The minimum absolute atomic E-state index is 0.110. The van der Waals surface area contributed by atoms with Gasteiger partial charge in [0.1, 0.15) is 11.9 Å². The lowest BCUT2D eigenvalue weighted by atomic mass is 9.95. The van der Waals surface area contributed by atoms with Crippen molar-refractivity contribution in [1.29, 1.82) is 0 Å². The molecule has 172 valence electrons. The summed E-state index contributed by atoms with van der Waals surface area (Å²) in [7, 11) is 0. The molecule has 1 aliphatic carbocycles. The van der Waals surface area contributed by atoms with E-state index < -0.39 is 0 Å². The van der Waals surface area contributed by atoms with Crippen molar-refractivity contribution in [3.63, 3.8) is 0 Å². The lowest BCUT2D eigenvalue weighted by Crippen LogP contribution is -2.41. The molecule has 0 spiro atoms. The van der Waals surface area contributed by atoms with Gasteiger partial charge in [-0.25, -0.2) is 4.99 Å². The van der Waals surface area contributed by atoms with Crippen molar-refractivity contribution in [1.82, 2.24) is 16.0 Å². The van der Waals surface area contributed by atoms with Gasteiger partial charge in [-0.1, -0.05) is 31.4 Å². The standard InChI is InChI=1S/C24H38N4O3/c1-3-25-24(26-13-11-23(29)28-20-7-5-4-6-8-20)27-16-19-10-9-18(2)15-22(19)31-21-12-14-30-17-21/h9-10,15,20-21H,3-8,11-14,16-17H2,1-2H3,(H,28,29)(H2,25,26,27). The van der Waals surface area contributed by atoms with Gasteiger partial charge in [0.05, 0.1) is 19.8 Å². The Morgan fingerprint density at radius 3 is 2.77 bits per heavy atom. The molecule has 1 saturated heterocycles. The number of carbonyl (C=O) groups excluding carboxylic acids is 1. The number of amides is 1. The highest BCUT2D eigenvalue weighted by Gasteiger charge is 2.19. The second kappa shape index (κ2) is 12.5. The predicted molar refractivity (Wildman–Crippen MR) is 123 cm³/mol. The number of carbonyl (C=O) groups is 1. The van der Waals surface area contributed by atoms with E-state index >= 15 is 0 Å². The maximum Gasteiger partial charge on any atom is 0.221 e. The Kier molecular flexibility index (Phi) is 9.46. The van der Waals surface area contributed by atoms with Crippen LogP contribution in [0.5, 0.6) is 5.75 Å². The molecule has 3 rings (SSSR count). The number of hydrogen-bond donors (Lipinski definition) is 3.